The van der Waals surface area contributed by atoms with Crippen LogP contribution in [0.25, 0.3) is 22.0 Å². The minimum Gasteiger partial charge on any atom is -0.496 e. The number of hydrogen-bond donors (Lipinski definition) is 2. The smallest absolute Gasteiger partial charge is 0.292 e. The van der Waals surface area contributed by atoms with Crippen molar-refractivity contribution in [2.24, 2.45) is 5.92 Å². The number of para-hydroxylation sites is 2. The lowest BCUT2D eigenvalue weighted by molar-refractivity contribution is -0.136. The molecule has 4 aromatic rings. The molecule has 0 unspecified atom stereocenters. The second kappa shape index (κ2) is 11.3. The molecule has 4 atom stereocenters. The highest BCUT2D eigenvalue weighted by Crippen LogP contribution is 2.33. The number of rotatable bonds is 8. The zero-order chi connectivity index (χ0) is 29.4. The number of carbonyl (C=O) groups excluding carboxylic acids is 3. The van der Waals surface area contributed by atoms with Gasteiger partial charge in [-0.05, 0) is 30.5 Å². The molecule has 2 saturated heterocycles. The first-order valence-electron chi connectivity index (χ1n) is 14.3. The van der Waals surface area contributed by atoms with Crippen molar-refractivity contribution in [3.8, 4) is 16.9 Å². The molecule has 2 aromatic carbocycles. The van der Waals surface area contributed by atoms with E-state index in [1.54, 1.807) is 30.5 Å². The molecular weight excluding hydrogens is 532 g/mol. The number of aromatic nitrogens is 3. The lowest BCUT2D eigenvalue weighted by Crippen LogP contribution is -2.57. The lowest BCUT2D eigenvalue weighted by atomic mass is 9.97. The summed E-state index contributed by atoms with van der Waals surface area (Å²) < 4.78 is 5.43. The Hall–Kier alpha value is -4.73. The number of ether oxygens (including phenoxy) is 1. The van der Waals surface area contributed by atoms with Gasteiger partial charge >= 0.3 is 0 Å². The molecule has 42 heavy (non-hydrogen) atoms. The molecule has 0 saturated carbocycles. The van der Waals surface area contributed by atoms with E-state index in [9.17, 15) is 14.4 Å². The van der Waals surface area contributed by atoms with Gasteiger partial charge in [0.25, 0.3) is 11.8 Å². The van der Waals surface area contributed by atoms with Gasteiger partial charge in [0, 0.05) is 47.5 Å². The van der Waals surface area contributed by atoms with Crippen molar-refractivity contribution in [2.75, 3.05) is 20.2 Å². The number of amides is 3. The average molecular weight is 567 g/mol. The Morgan fingerprint density at radius 1 is 1.02 bits per heavy atom. The number of hydrogen-bond acceptors (Lipinski definition) is 6. The molecule has 6 rings (SSSR count). The normalized spacial score (nSPS) is 19.1. The van der Waals surface area contributed by atoms with E-state index >= 15 is 0 Å². The fourth-order valence-corrected chi connectivity index (χ4v) is 6.05. The summed E-state index contributed by atoms with van der Waals surface area (Å²) in [6.45, 7) is 4.82. The quantitative estimate of drug-likeness (QED) is 0.334. The molecule has 10 heteroatoms. The molecule has 4 heterocycles. The third-order valence-corrected chi connectivity index (χ3v) is 8.59. The first-order chi connectivity index (χ1) is 20.4. The first kappa shape index (κ1) is 27.4. The number of piperazine rings is 1. The molecule has 2 bridgehead atoms. The highest BCUT2D eigenvalue weighted by atomic mass is 16.5. The summed E-state index contributed by atoms with van der Waals surface area (Å²) in [6.07, 6.45) is 4.70. The van der Waals surface area contributed by atoms with E-state index in [1.165, 1.54) is 0 Å². The number of fused-ring (bicyclic) bond motifs is 3. The van der Waals surface area contributed by atoms with Crippen molar-refractivity contribution < 1.29 is 19.1 Å². The van der Waals surface area contributed by atoms with Crippen molar-refractivity contribution in [3.05, 3.63) is 78.5 Å². The molecular formula is C32H34N6O4. The van der Waals surface area contributed by atoms with Gasteiger partial charge in [-0.2, -0.15) is 0 Å². The Balaban J connectivity index is 1.12. The van der Waals surface area contributed by atoms with E-state index < -0.39 is 6.04 Å². The SMILES string of the molecule is CC[C@H](C)[C@@H](NC(=O)c1cc2ccccc2[nH]1)C(=O)N1C[C@@H]2C[C@H]1CN2C(=O)c1ncc(-c2ccccc2OC)cn1. The van der Waals surface area contributed by atoms with Crippen LogP contribution in [-0.2, 0) is 4.79 Å². The standard InChI is InChI=1S/C32H34N6O4/c1-4-19(2)28(36-30(39)26-13-20-9-5-7-11-25(20)35-26)31(40)37-17-23-14-22(37)18-38(23)32(41)29-33-15-21(16-34-29)24-10-6-8-12-27(24)42-3/h5-13,15-16,19,22-23,28,35H,4,14,17-18H2,1-3H3,(H,36,39)/t19-,22-,23-,28+/m0/s1. The van der Waals surface area contributed by atoms with Gasteiger partial charge in [-0.25, -0.2) is 9.97 Å². The van der Waals surface area contributed by atoms with Crippen LogP contribution in [0.1, 0.15) is 47.8 Å². The third-order valence-electron chi connectivity index (χ3n) is 8.59. The molecule has 0 aliphatic carbocycles. The Labute approximate surface area is 244 Å². The second-order valence-electron chi connectivity index (χ2n) is 11.1. The van der Waals surface area contributed by atoms with E-state index in [1.807, 2.05) is 67.3 Å². The zero-order valence-electron chi connectivity index (χ0n) is 23.9. The van der Waals surface area contributed by atoms with Crippen LogP contribution in [0.2, 0.25) is 0 Å². The van der Waals surface area contributed by atoms with E-state index in [2.05, 4.69) is 20.3 Å². The predicted molar refractivity (Wildman–Crippen MR) is 158 cm³/mol. The van der Waals surface area contributed by atoms with Crippen LogP contribution in [0.4, 0.5) is 0 Å². The van der Waals surface area contributed by atoms with E-state index in [-0.39, 0.29) is 41.5 Å². The van der Waals surface area contributed by atoms with Crippen molar-refractivity contribution in [3.63, 3.8) is 0 Å². The topological polar surface area (TPSA) is 121 Å². The molecule has 2 aromatic heterocycles. The van der Waals surface area contributed by atoms with Crippen molar-refractivity contribution >= 4 is 28.6 Å². The largest absolute Gasteiger partial charge is 0.496 e. The number of H-pyrrole nitrogens is 1. The predicted octanol–water partition coefficient (Wildman–Crippen LogP) is 3.90. The van der Waals surface area contributed by atoms with Crippen LogP contribution in [0.3, 0.4) is 0 Å². The van der Waals surface area contributed by atoms with Crippen molar-refractivity contribution in [1.82, 2.24) is 30.1 Å². The van der Waals surface area contributed by atoms with Crippen LogP contribution in [-0.4, -0.2) is 80.8 Å². The van der Waals surface area contributed by atoms with Crippen LogP contribution in [0, 0.1) is 5.92 Å². The maximum absolute atomic E-state index is 13.8. The minimum atomic E-state index is -0.664. The van der Waals surface area contributed by atoms with E-state index in [4.69, 9.17) is 4.74 Å². The van der Waals surface area contributed by atoms with Gasteiger partial charge in [0.15, 0.2) is 0 Å². The van der Waals surface area contributed by atoms with Crippen LogP contribution < -0.4 is 10.1 Å². The summed E-state index contributed by atoms with van der Waals surface area (Å²) in [5.74, 6) is 0.118. The first-order valence-corrected chi connectivity index (χ1v) is 14.3. The summed E-state index contributed by atoms with van der Waals surface area (Å²) in [7, 11) is 1.61. The van der Waals surface area contributed by atoms with Gasteiger partial charge in [-0.15, -0.1) is 0 Å². The third kappa shape index (κ3) is 4.97. The highest BCUT2D eigenvalue weighted by Gasteiger charge is 2.49. The molecule has 0 spiro atoms. The average Bonchev–Trinajstić information content (AvgIpc) is 3.77. The zero-order valence-corrected chi connectivity index (χ0v) is 23.9. The summed E-state index contributed by atoms with van der Waals surface area (Å²) in [6, 6.07) is 16.2. The van der Waals surface area contributed by atoms with Crippen LogP contribution >= 0.6 is 0 Å². The fourth-order valence-electron chi connectivity index (χ4n) is 6.05. The summed E-state index contributed by atoms with van der Waals surface area (Å²) >= 11 is 0. The van der Waals surface area contributed by atoms with Crippen LogP contribution in [0.5, 0.6) is 5.75 Å². The highest BCUT2D eigenvalue weighted by molar-refractivity contribution is 6.00. The lowest BCUT2D eigenvalue weighted by Gasteiger charge is -2.37. The maximum Gasteiger partial charge on any atom is 0.292 e. The Morgan fingerprint density at radius 3 is 2.40 bits per heavy atom. The van der Waals surface area contributed by atoms with Crippen molar-refractivity contribution in [2.45, 2.75) is 44.8 Å². The molecule has 0 radical (unpaired) electrons. The van der Waals surface area contributed by atoms with Gasteiger partial charge < -0.3 is 24.8 Å². The number of methoxy groups -OCH3 is 1. The second-order valence-corrected chi connectivity index (χ2v) is 11.1. The number of benzene rings is 2. The summed E-state index contributed by atoms with van der Waals surface area (Å²) in [5, 5.41) is 3.94. The Kier molecular flexibility index (Phi) is 7.36. The van der Waals surface area contributed by atoms with Crippen molar-refractivity contribution in [1.29, 1.82) is 0 Å². The number of nitrogens with one attached hydrogen (secondary N) is 2. The Bertz CT molecular complexity index is 1600. The van der Waals surface area contributed by atoms with Gasteiger partial charge in [-0.3, -0.25) is 14.4 Å². The molecule has 2 aliphatic rings. The summed E-state index contributed by atoms with van der Waals surface area (Å²) in [5.41, 5.74) is 2.90. The Morgan fingerprint density at radius 2 is 1.71 bits per heavy atom. The molecule has 10 nitrogen and oxygen atoms in total. The van der Waals surface area contributed by atoms with Gasteiger partial charge in [0.05, 0.1) is 19.2 Å². The van der Waals surface area contributed by atoms with Gasteiger partial charge in [-0.1, -0.05) is 56.7 Å². The number of nitrogens with zero attached hydrogens (tertiary/aromatic N) is 4. The van der Waals surface area contributed by atoms with Crippen LogP contribution in [0.15, 0.2) is 67.0 Å². The monoisotopic (exact) mass is 566 g/mol. The molecule has 216 valence electrons. The maximum atomic E-state index is 13.8. The summed E-state index contributed by atoms with van der Waals surface area (Å²) in [4.78, 5) is 55.8. The number of aromatic amines is 1. The number of carbonyl (C=O) groups is 3. The van der Waals surface area contributed by atoms with E-state index in [0.717, 1.165) is 28.5 Å². The molecule has 2 aliphatic heterocycles. The minimum absolute atomic E-state index is 0.0576. The molecule has 2 fully saturated rings. The number of likely N-dealkylation sites (tertiary alicyclic amines) is 2. The van der Waals surface area contributed by atoms with Gasteiger partial charge in [0.2, 0.25) is 11.7 Å². The fraction of sp³-hybridized carbons (Fsp3) is 0.344. The molecule has 2 N–H and O–H groups in total. The van der Waals surface area contributed by atoms with E-state index in [0.29, 0.717) is 31.0 Å². The van der Waals surface area contributed by atoms with Gasteiger partial charge in [0.1, 0.15) is 17.5 Å². The molecule has 3 amide bonds.